The number of carbonyl (C=O) groups excluding carboxylic acids is 1. The summed E-state index contributed by atoms with van der Waals surface area (Å²) in [6.45, 7) is -0.0743. The zero-order valence-electron chi connectivity index (χ0n) is 9.89. The first-order chi connectivity index (χ1) is 8.15. The predicted molar refractivity (Wildman–Crippen MR) is 61.0 cm³/mol. The molecule has 17 heavy (non-hydrogen) atoms. The van der Waals surface area contributed by atoms with Crippen LogP contribution in [-0.2, 0) is 9.59 Å². The number of nitrogens with zero attached hydrogens (tertiary/aromatic N) is 2. The van der Waals surface area contributed by atoms with Gasteiger partial charge in [-0.25, -0.2) is 0 Å². The third kappa shape index (κ3) is 4.43. The first kappa shape index (κ1) is 13.5. The van der Waals surface area contributed by atoms with Crippen LogP contribution in [0.15, 0.2) is 0 Å². The van der Waals surface area contributed by atoms with Gasteiger partial charge in [0.25, 0.3) is 0 Å². The molecule has 1 aliphatic carbocycles. The van der Waals surface area contributed by atoms with Crippen LogP contribution < -0.4 is 0 Å². The van der Waals surface area contributed by atoms with Crippen molar-refractivity contribution in [3.63, 3.8) is 0 Å². The van der Waals surface area contributed by atoms with Crippen LogP contribution >= 0.6 is 0 Å². The Morgan fingerprint density at radius 2 is 1.94 bits per heavy atom. The van der Waals surface area contributed by atoms with Gasteiger partial charge in [0.1, 0.15) is 6.54 Å². The van der Waals surface area contributed by atoms with Gasteiger partial charge in [-0.2, -0.15) is 5.26 Å². The molecule has 1 fully saturated rings. The maximum atomic E-state index is 12.1. The summed E-state index contributed by atoms with van der Waals surface area (Å²) < 4.78 is 0. The number of carboxylic acids is 1. The summed E-state index contributed by atoms with van der Waals surface area (Å²) in [5.74, 6) is -1.16. The standard InChI is InChI=1S/C12H18N2O3/c13-7-4-8-14(9-11(15)16)12(17)10-5-2-1-3-6-10/h10H,1-6,8-9H2,(H,15,16). The van der Waals surface area contributed by atoms with Crippen molar-refractivity contribution in [2.24, 2.45) is 5.92 Å². The van der Waals surface area contributed by atoms with Gasteiger partial charge >= 0.3 is 5.97 Å². The van der Waals surface area contributed by atoms with E-state index in [1.54, 1.807) is 0 Å². The molecule has 0 saturated heterocycles. The van der Waals surface area contributed by atoms with Gasteiger partial charge in [0, 0.05) is 12.5 Å². The first-order valence-electron chi connectivity index (χ1n) is 6.02. The van der Waals surface area contributed by atoms with Crippen LogP contribution in [0.2, 0.25) is 0 Å². The summed E-state index contributed by atoms with van der Waals surface area (Å²) >= 11 is 0. The summed E-state index contributed by atoms with van der Waals surface area (Å²) in [6, 6.07) is 1.94. The number of hydrogen-bond acceptors (Lipinski definition) is 3. The van der Waals surface area contributed by atoms with Crippen LogP contribution in [0.5, 0.6) is 0 Å². The minimum atomic E-state index is -1.02. The highest BCUT2D eigenvalue weighted by Gasteiger charge is 2.26. The molecular formula is C12H18N2O3. The molecule has 1 saturated carbocycles. The number of rotatable bonds is 5. The van der Waals surface area contributed by atoms with Crippen molar-refractivity contribution in [2.45, 2.75) is 38.5 Å². The van der Waals surface area contributed by atoms with Gasteiger partial charge in [-0.15, -0.1) is 0 Å². The minimum absolute atomic E-state index is 0.0400. The van der Waals surface area contributed by atoms with Crippen molar-refractivity contribution in [1.82, 2.24) is 4.90 Å². The topological polar surface area (TPSA) is 81.4 Å². The summed E-state index contributed by atoms with van der Waals surface area (Å²) in [6.07, 6.45) is 5.11. The van der Waals surface area contributed by atoms with Gasteiger partial charge in [-0.3, -0.25) is 9.59 Å². The van der Waals surface area contributed by atoms with Crippen molar-refractivity contribution >= 4 is 11.9 Å². The minimum Gasteiger partial charge on any atom is -0.480 e. The molecule has 0 aliphatic heterocycles. The molecule has 0 aromatic rings. The van der Waals surface area contributed by atoms with E-state index in [-0.39, 0.29) is 31.3 Å². The van der Waals surface area contributed by atoms with Gasteiger partial charge in [0.05, 0.1) is 12.5 Å². The molecule has 1 N–H and O–H groups in total. The van der Waals surface area contributed by atoms with E-state index in [1.165, 1.54) is 4.90 Å². The molecule has 0 radical (unpaired) electrons. The maximum absolute atomic E-state index is 12.1. The Balaban J connectivity index is 2.57. The molecule has 5 nitrogen and oxygen atoms in total. The Hall–Kier alpha value is -1.57. The summed E-state index contributed by atoms with van der Waals surface area (Å²) in [5.41, 5.74) is 0. The molecule has 1 rings (SSSR count). The summed E-state index contributed by atoms with van der Waals surface area (Å²) in [4.78, 5) is 24.1. The molecule has 0 aromatic heterocycles. The lowest BCUT2D eigenvalue weighted by Crippen LogP contribution is -2.40. The molecule has 0 spiro atoms. The maximum Gasteiger partial charge on any atom is 0.323 e. The van der Waals surface area contributed by atoms with Crippen LogP contribution in [0, 0.1) is 17.2 Å². The Labute approximate surface area is 101 Å². The van der Waals surface area contributed by atoms with Crippen molar-refractivity contribution < 1.29 is 14.7 Å². The monoisotopic (exact) mass is 238 g/mol. The fourth-order valence-electron chi connectivity index (χ4n) is 2.22. The molecular weight excluding hydrogens is 220 g/mol. The number of carbonyl (C=O) groups is 2. The lowest BCUT2D eigenvalue weighted by Gasteiger charge is -2.27. The summed E-state index contributed by atoms with van der Waals surface area (Å²) in [7, 11) is 0. The van der Waals surface area contributed by atoms with Gasteiger partial charge in [-0.05, 0) is 12.8 Å². The smallest absolute Gasteiger partial charge is 0.323 e. The lowest BCUT2D eigenvalue weighted by atomic mass is 9.88. The SMILES string of the molecule is N#CCCN(CC(=O)O)C(=O)C1CCCCC1. The molecule has 0 unspecified atom stereocenters. The van der Waals surface area contributed by atoms with E-state index in [0.29, 0.717) is 0 Å². The van der Waals surface area contributed by atoms with Crippen molar-refractivity contribution in [3.05, 3.63) is 0 Å². The predicted octanol–water partition coefficient (Wildman–Crippen LogP) is 1.39. The average Bonchev–Trinajstić information content (AvgIpc) is 2.34. The fourth-order valence-corrected chi connectivity index (χ4v) is 2.22. The Kier molecular flexibility index (Phi) is 5.47. The van der Waals surface area contributed by atoms with E-state index in [1.807, 2.05) is 6.07 Å². The number of amides is 1. The normalized spacial score (nSPS) is 16.2. The molecule has 0 atom stereocenters. The van der Waals surface area contributed by atoms with E-state index in [4.69, 9.17) is 10.4 Å². The quantitative estimate of drug-likeness (QED) is 0.784. The third-order valence-electron chi connectivity index (χ3n) is 3.09. The van der Waals surface area contributed by atoms with E-state index >= 15 is 0 Å². The van der Waals surface area contributed by atoms with Crippen LogP contribution in [0.1, 0.15) is 38.5 Å². The highest BCUT2D eigenvalue weighted by molar-refractivity contribution is 5.83. The second-order valence-electron chi connectivity index (χ2n) is 4.40. The van der Waals surface area contributed by atoms with Crippen LogP contribution in [0.4, 0.5) is 0 Å². The second kappa shape index (κ2) is 6.89. The van der Waals surface area contributed by atoms with Gasteiger partial charge in [0.15, 0.2) is 0 Å². The van der Waals surface area contributed by atoms with Crippen molar-refractivity contribution in [2.75, 3.05) is 13.1 Å². The van der Waals surface area contributed by atoms with Crippen LogP contribution in [0.25, 0.3) is 0 Å². The Morgan fingerprint density at radius 3 is 2.47 bits per heavy atom. The van der Waals surface area contributed by atoms with E-state index < -0.39 is 5.97 Å². The van der Waals surface area contributed by atoms with E-state index in [2.05, 4.69) is 0 Å². The van der Waals surface area contributed by atoms with Crippen molar-refractivity contribution in [3.8, 4) is 6.07 Å². The van der Waals surface area contributed by atoms with Gasteiger partial charge < -0.3 is 10.0 Å². The Morgan fingerprint density at radius 1 is 1.29 bits per heavy atom. The van der Waals surface area contributed by atoms with Gasteiger partial charge in [0.2, 0.25) is 5.91 Å². The number of hydrogen-bond donors (Lipinski definition) is 1. The van der Waals surface area contributed by atoms with Crippen LogP contribution in [0.3, 0.4) is 0 Å². The molecule has 1 amide bonds. The molecule has 0 aromatic carbocycles. The molecule has 5 heteroatoms. The molecule has 1 aliphatic rings. The lowest BCUT2D eigenvalue weighted by molar-refractivity contribution is -0.146. The van der Waals surface area contributed by atoms with E-state index in [0.717, 1.165) is 32.1 Å². The average molecular weight is 238 g/mol. The fraction of sp³-hybridized carbons (Fsp3) is 0.750. The Bertz CT molecular complexity index is 316. The van der Waals surface area contributed by atoms with Gasteiger partial charge in [-0.1, -0.05) is 19.3 Å². The highest BCUT2D eigenvalue weighted by atomic mass is 16.4. The number of nitriles is 1. The molecule has 0 heterocycles. The molecule has 0 bridgehead atoms. The second-order valence-corrected chi connectivity index (χ2v) is 4.40. The molecule has 94 valence electrons. The van der Waals surface area contributed by atoms with Crippen LogP contribution in [-0.4, -0.2) is 35.0 Å². The largest absolute Gasteiger partial charge is 0.480 e. The number of aliphatic carboxylic acids is 1. The first-order valence-corrected chi connectivity index (χ1v) is 6.02. The van der Waals surface area contributed by atoms with E-state index in [9.17, 15) is 9.59 Å². The highest BCUT2D eigenvalue weighted by Crippen LogP contribution is 2.25. The van der Waals surface area contributed by atoms with Crippen molar-refractivity contribution in [1.29, 1.82) is 5.26 Å². The zero-order valence-corrected chi connectivity index (χ0v) is 9.89. The third-order valence-corrected chi connectivity index (χ3v) is 3.09. The number of carboxylic acid groups (broad SMARTS) is 1. The summed E-state index contributed by atoms with van der Waals surface area (Å²) in [5, 5.41) is 17.3. The zero-order chi connectivity index (χ0) is 12.7.